The summed E-state index contributed by atoms with van der Waals surface area (Å²) >= 11 is 1.31. The van der Waals surface area contributed by atoms with Crippen LogP contribution in [0.25, 0.3) is 0 Å². The first-order valence-electron chi connectivity index (χ1n) is 4.58. The van der Waals surface area contributed by atoms with Gasteiger partial charge in [0, 0.05) is 6.20 Å². The van der Waals surface area contributed by atoms with Crippen LogP contribution in [0.2, 0.25) is 0 Å². The third-order valence-electron chi connectivity index (χ3n) is 2.27. The van der Waals surface area contributed by atoms with Gasteiger partial charge in [0.25, 0.3) is 0 Å². The number of nitrogens with zero attached hydrogens (tertiary/aromatic N) is 1. The van der Waals surface area contributed by atoms with Crippen molar-refractivity contribution in [2.75, 3.05) is 6.54 Å². The van der Waals surface area contributed by atoms with E-state index in [0.717, 1.165) is 5.56 Å². The highest BCUT2D eigenvalue weighted by Crippen LogP contribution is 2.37. The van der Waals surface area contributed by atoms with Crippen molar-refractivity contribution < 1.29 is 9.90 Å². The van der Waals surface area contributed by atoms with Crippen LogP contribution in [0.4, 0.5) is 0 Å². The van der Waals surface area contributed by atoms with Crippen LogP contribution < -0.4 is 0 Å². The summed E-state index contributed by atoms with van der Waals surface area (Å²) in [5.41, 5.74) is 0.811. The van der Waals surface area contributed by atoms with Crippen molar-refractivity contribution in [1.82, 2.24) is 4.90 Å². The van der Waals surface area contributed by atoms with Crippen molar-refractivity contribution in [2.24, 2.45) is 0 Å². The largest absolute Gasteiger partial charge is 0.373 e. The molecule has 1 aromatic rings. The molecule has 1 amide bonds. The molecule has 1 aliphatic heterocycles. The highest BCUT2D eigenvalue weighted by atomic mass is 32.2. The van der Waals surface area contributed by atoms with Gasteiger partial charge in [0.05, 0.1) is 6.54 Å². The number of β-amino-alcohol motifs (C(OH)–C–C–N with tert-alkyl or cyclic N) is 1. The van der Waals surface area contributed by atoms with Gasteiger partial charge in [-0.05, 0) is 11.0 Å². The minimum absolute atomic E-state index is 0.279. The Balaban J connectivity index is 2.28. The summed E-state index contributed by atoms with van der Waals surface area (Å²) in [7, 11) is 0. The Hall–Kier alpha value is -1.26. The fraction of sp³-hybridized carbons (Fsp3) is 0.182. The number of amides is 1. The quantitative estimate of drug-likeness (QED) is 0.769. The van der Waals surface area contributed by atoms with Crippen molar-refractivity contribution in [3.63, 3.8) is 0 Å². The maximum atomic E-state index is 10.6. The monoisotopic (exact) mass is 221 g/mol. The molecule has 1 N–H and O–H groups in total. The second-order valence-electron chi connectivity index (χ2n) is 3.33. The Kier molecular flexibility index (Phi) is 2.79. The maximum Gasteiger partial charge on any atom is 0.213 e. The molecule has 0 aromatic heterocycles. The lowest BCUT2D eigenvalue weighted by Crippen LogP contribution is -2.37. The molecule has 1 aliphatic rings. The van der Waals surface area contributed by atoms with Crippen LogP contribution >= 0.6 is 11.8 Å². The predicted octanol–water partition coefficient (Wildman–Crippen LogP) is 1.51. The van der Waals surface area contributed by atoms with Crippen molar-refractivity contribution in [3.8, 4) is 0 Å². The lowest BCUT2D eigenvalue weighted by Gasteiger charge is -2.33. The standard InChI is InChI=1S/C11H11NO2S/c13-9-12-6-7-15-11(14,8-12)10-4-2-1-3-5-10/h1-7,9,14H,8H2. The number of benzene rings is 1. The zero-order chi connectivity index (χ0) is 10.7. The SMILES string of the molecule is O=CN1C=CSC(O)(c2ccccc2)C1. The highest BCUT2D eigenvalue weighted by Gasteiger charge is 2.33. The number of hydrogen-bond acceptors (Lipinski definition) is 3. The minimum atomic E-state index is -1.03. The fourth-order valence-corrected chi connectivity index (χ4v) is 2.43. The minimum Gasteiger partial charge on any atom is -0.373 e. The van der Waals surface area contributed by atoms with E-state index in [1.807, 2.05) is 30.3 Å². The average molecular weight is 221 g/mol. The van der Waals surface area contributed by atoms with E-state index < -0.39 is 4.93 Å². The number of carbonyl (C=O) groups is 1. The van der Waals surface area contributed by atoms with Gasteiger partial charge < -0.3 is 10.0 Å². The molecule has 1 aromatic carbocycles. The average Bonchev–Trinajstić information content (AvgIpc) is 2.30. The number of thioether (sulfide) groups is 1. The number of rotatable bonds is 2. The van der Waals surface area contributed by atoms with Gasteiger partial charge in [-0.3, -0.25) is 4.79 Å². The maximum absolute atomic E-state index is 10.6. The third kappa shape index (κ3) is 2.06. The normalized spacial score (nSPS) is 25.3. The summed E-state index contributed by atoms with van der Waals surface area (Å²) in [4.78, 5) is 11.0. The first-order chi connectivity index (χ1) is 7.24. The number of aliphatic hydroxyl groups is 1. The summed E-state index contributed by atoms with van der Waals surface area (Å²) in [5.74, 6) is 0. The molecular formula is C11H11NO2S. The van der Waals surface area contributed by atoms with E-state index in [4.69, 9.17) is 0 Å². The molecule has 0 bridgehead atoms. The van der Waals surface area contributed by atoms with E-state index in [-0.39, 0.29) is 6.54 Å². The zero-order valence-corrected chi connectivity index (χ0v) is 8.85. The van der Waals surface area contributed by atoms with Crippen LogP contribution in [0.3, 0.4) is 0 Å². The molecule has 78 valence electrons. The van der Waals surface area contributed by atoms with Crippen LogP contribution in [0.1, 0.15) is 5.56 Å². The zero-order valence-electron chi connectivity index (χ0n) is 8.04. The Morgan fingerprint density at radius 1 is 1.40 bits per heavy atom. The molecule has 1 heterocycles. The van der Waals surface area contributed by atoms with Crippen LogP contribution in [0, 0.1) is 0 Å². The van der Waals surface area contributed by atoms with Gasteiger partial charge in [0.1, 0.15) is 0 Å². The Morgan fingerprint density at radius 2 is 2.13 bits per heavy atom. The van der Waals surface area contributed by atoms with Gasteiger partial charge in [0.15, 0.2) is 4.93 Å². The molecular weight excluding hydrogens is 210 g/mol. The smallest absolute Gasteiger partial charge is 0.213 e. The fourth-order valence-electron chi connectivity index (χ4n) is 1.49. The van der Waals surface area contributed by atoms with Crippen molar-refractivity contribution in [3.05, 3.63) is 47.5 Å². The Bertz CT molecular complexity index is 379. The Labute approximate surface area is 92.4 Å². The molecule has 1 atom stereocenters. The van der Waals surface area contributed by atoms with Crippen molar-refractivity contribution in [1.29, 1.82) is 0 Å². The molecule has 15 heavy (non-hydrogen) atoms. The van der Waals surface area contributed by atoms with Crippen molar-refractivity contribution >= 4 is 18.2 Å². The summed E-state index contributed by atoms with van der Waals surface area (Å²) in [6.45, 7) is 0.279. The molecule has 0 spiro atoms. The summed E-state index contributed by atoms with van der Waals surface area (Å²) in [5, 5.41) is 12.1. The van der Waals surface area contributed by atoms with Crippen LogP contribution in [0.5, 0.6) is 0 Å². The van der Waals surface area contributed by atoms with E-state index in [0.29, 0.717) is 6.41 Å². The molecule has 1 unspecified atom stereocenters. The predicted molar refractivity (Wildman–Crippen MR) is 59.8 cm³/mol. The Morgan fingerprint density at radius 3 is 2.80 bits per heavy atom. The van der Waals surface area contributed by atoms with Gasteiger partial charge in [0.2, 0.25) is 6.41 Å². The van der Waals surface area contributed by atoms with Gasteiger partial charge >= 0.3 is 0 Å². The molecule has 2 rings (SSSR count). The van der Waals surface area contributed by atoms with Crippen molar-refractivity contribution in [2.45, 2.75) is 4.93 Å². The van der Waals surface area contributed by atoms with Crippen LogP contribution in [-0.2, 0) is 9.73 Å². The van der Waals surface area contributed by atoms with Crippen LogP contribution in [0.15, 0.2) is 41.9 Å². The van der Waals surface area contributed by atoms with E-state index >= 15 is 0 Å². The van der Waals surface area contributed by atoms with E-state index in [1.165, 1.54) is 16.7 Å². The first kappa shape index (κ1) is 10.3. The molecule has 0 fully saturated rings. The summed E-state index contributed by atoms with van der Waals surface area (Å²) < 4.78 is 0. The molecule has 4 heteroatoms. The highest BCUT2D eigenvalue weighted by molar-refractivity contribution is 8.02. The number of hydrogen-bond donors (Lipinski definition) is 1. The number of carbonyl (C=O) groups excluding carboxylic acids is 1. The van der Waals surface area contributed by atoms with Gasteiger partial charge in [-0.25, -0.2) is 0 Å². The van der Waals surface area contributed by atoms with Gasteiger partial charge in [-0.15, -0.1) is 0 Å². The lowest BCUT2D eigenvalue weighted by molar-refractivity contribution is -0.117. The second kappa shape index (κ2) is 4.08. The van der Waals surface area contributed by atoms with Crippen LogP contribution in [-0.4, -0.2) is 23.0 Å². The molecule has 0 aliphatic carbocycles. The van der Waals surface area contributed by atoms with Gasteiger partial charge in [-0.2, -0.15) is 0 Å². The third-order valence-corrected chi connectivity index (χ3v) is 3.29. The van der Waals surface area contributed by atoms with E-state index in [2.05, 4.69) is 0 Å². The van der Waals surface area contributed by atoms with Gasteiger partial charge in [-0.1, -0.05) is 42.1 Å². The summed E-state index contributed by atoms with van der Waals surface area (Å²) in [6.07, 6.45) is 2.37. The topological polar surface area (TPSA) is 40.5 Å². The second-order valence-corrected chi connectivity index (χ2v) is 4.51. The first-order valence-corrected chi connectivity index (χ1v) is 5.46. The molecule has 3 nitrogen and oxygen atoms in total. The molecule has 0 radical (unpaired) electrons. The molecule has 0 saturated carbocycles. The van der Waals surface area contributed by atoms with E-state index in [1.54, 1.807) is 11.6 Å². The lowest BCUT2D eigenvalue weighted by atomic mass is 10.1. The summed E-state index contributed by atoms with van der Waals surface area (Å²) in [6, 6.07) is 9.35. The van der Waals surface area contributed by atoms with E-state index in [9.17, 15) is 9.90 Å². The molecule has 0 saturated heterocycles.